The van der Waals surface area contributed by atoms with Crippen LogP contribution in [0.25, 0.3) is 0 Å². The lowest BCUT2D eigenvalue weighted by molar-refractivity contribution is -0.136. The third-order valence-electron chi connectivity index (χ3n) is 4.14. The van der Waals surface area contributed by atoms with E-state index in [4.69, 9.17) is 0 Å². The maximum atomic E-state index is 12.2. The fourth-order valence-corrected chi connectivity index (χ4v) is 2.73. The molecular formula is C21H26N2O2. The highest BCUT2D eigenvalue weighted by molar-refractivity contribution is 6.39. The largest absolute Gasteiger partial charge is 0.348 e. The first-order valence-corrected chi connectivity index (χ1v) is 8.71. The molecule has 0 aromatic heterocycles. The van der Waals surface area contributed by atoms with Gasteiger partial charge in [-0.2, -0.15) is 0 Å². The smallest absolute Gasteiger partial charge is 0.313 e. The van der Waals surface area contributed by atoms with E-state index in [1.165, 1.54) is 5.56 Å². The second-order valence-corrected chi connectivity index (χ2v) is 6.49. The molecule has 2 aromatic rings. The Morgan fingerprint density at radius 1 is 0.960 bits per heavy atom. The monoisotopic (exact) mass is 338 g/mol. The average Bonchev–Trinajstić information content (AvgIpc) is 2.60. The molecule has 0 bridgehead atoms. The highest BCUT2D eigenvalue weighted by atomic mass is 16.2. The Balaban J connectivity index is 1.86. The van der Waals surface area contributed by atoms with Crippen molar-refractivity contribution >= 4 is 17.5 Å². The molecule has 0 aliphatic heterocycles. The molecule has 2 amide bonds. The number of benzene rings is 2. The van der Waals surface area contributed by atoms with Gasteiger partial charge in [0, 0.05) is 12.2 Å². The molecule has 0 saturated carbocycles. The average molecular weight is 338 g/mol. The van der Waals surface area contributed by atoms with Gasteiger partial charge in [-0.05, 0) is 42.4 Å². The van der Waals surface area contributed by atoms with Crippen LogP contribution in [0.5, 0.6) is 0 Å². The summed E-state index contributed by atoms with van der Waals surface area (Å²) in [5.74, 6) is -0.939. The fraction of sp³-hybridized carbons (Fsp3) is 0.333. The zero-order valence-corrected chi connectivity index (χ0v) is 15.1. The first-order chi connectivity index (χ1) is 12.0. The Morgan fingerprint density at radius 2 is 1.68 bits per heavy atom. The minimum Gasteiger partial charge on any atom is -0.348 e. The Hall–Kier alpha value is -2.62. The number of hydrogen-bond acceptors (Lipinski definition) is 2. The zero-order valence-electron chi connectivity index (χ0n) is 15.1. The SMILES string of the molecule is Cc1cccc(C(C)C)c1NC(=O)C(=O)NCCCc1ccccc1. The third-order valence-corrected chi connectivity index (χ3v) is 4.14. The van der Waals surface area contributed by atoms with Gasteiger partial charge in [-0.3, -0.25) is 9.59 Å². The van der Waals surface area contributed by atoms with Gasteiger partial charge < -0.3 is 10.6 Å². The number of anilines is 1. The molecule has 0 fully saturated rings. The van der Waals surface area contributed by atoms with Crippen molar-refractivity contribution in [2.24, 2.45) is 0 Å². The molecular weight excluding hydrogens is 312 g/mol. The molecule has 0 aliphatic rings. The fourth-order valence-electron chi connectivity index (χ4n) is 2.73. The Kier molecular flexibility index (Phi) is 6.75. The van der Waals surface area contributed by atoms with Crippen molar-refractivity contribution in [2.75, 3.05) is 11.9 Å². The standard InChI is InChI=1S/C21H26N2O2/c1-15(2)18-13-7-9-16(3)19(18)23-21(25)20(24)22-14-8-12-17-10-5-4-6-11-17/h4-7,9-11,13,15H,8,12,14H2,1-3H3,(H,22,24)(H,23,25). The number of nitrogens with one attached hydrogen (secondary N) is 2. The first-order valence-electron chi connectivity index (χ1n) is 8.71. The van der Waals surface area contributed by atoms with Gasteiger partial charge in [0.1, 0.15) is 0 Å². The van der Waals surface area contributed by atoms with Gasteiger partial charge in [-0.15, -0.1) is 0 Å². The van der Waals surface area contributed by atoms with Crippen molar-refractivity contribution in [1.82, 2.24) is 5.32 Å². The highest BCUT2D eigenvalue weighted by Crippen LogP contribution is 2.27. The van der Waals surface area contributed by atoms with E-state index in [9.17, 15) is 9.59 Å². The Labute approximate surface area is 149 Å². The third kappa shape index (κ3) is 5.45. The molecule has 0 spiro atoms. The molecule has 25 heavy (non-hydrogen) atoms. The lowest BCUT2D eigenvalue weighted by Crippen LogP contribution is -2.36. The van der Waals surface area contributed by atoms with Crippen LogP contribution in [0.2, 0.25) is 0 Å². The van der Waals surface area contributed by atoms with Crippen molar-refractivity contribution in [3.63, 3.8) is 0 Å². The molecule has 0 atom stereocenters. The van der Waals surface area contributed by atoms with Crippen molar-refractivity contribution in [1.29, 1.82) is 0 Å². The van der Waals surface area contributed by atoms with Crippen LogP contribution in [-0.4, -0.2) is 18.4 Å². The summed E-state index contributed by atoms with van der Waals surface area (Å²) >= 11 is 0. The summed E-state index contributed by atoms with van der Waals surface area (Å²) in [5.41, 5.74) is 3.95. The summed E-state index contributed by atoms with van der Waals surface area (Å²) in [7, 11) is 0. The number of amides is 2. The second kappa shape index (κ2) is 9.02. The van der Waals surface area contributed by atoms with Crippen LogP contribution in [0.3, 0.4) is 0 Å². The Bertz CT molecular complexity index is 724. The number of carbonyl (C=O) groups excluding carboxylic acids is 2. The van der Waals surface area contributed by atoms with Gasteiger partial charge in [0.25, 0.3) is 0 Å². The summed E-state index contributed by atoms with van der Waals surface area (Å²) in [6.45, 7) is 6.54. The molecule has 2 aromatic carbocycles. The normalized spacial score (nSPS) is 10.6. The van der Waals surface area contributed by atoms with Gasteiger partial charge in [-0.25, -0.2) is 0 Å². The lowest BCUT2D eigenvalue weighted by atomic mass is 9.98. The van der Waals surface area contributed by atoms with Gasteiger partial charge in [0.2, 0.25) is 0 Å². The van der Waals surface area contributed by atoms with Crippen LogP contribution < -0.4 is 10.6 Å². The molecule has 4 heteroatoms. The topological polar surface area (TPSA) is 58.2 Å². The molecule has 0 heterocycles. The molecule has 0 aliphatic carbocycles. The van der Waals surface area contributed by atoms with Crippen molar-refractivity contribution in [2.45, 2.75) is 39.5 Å². The quantitative estimate of drug-likeness (QED) is 0.622. The summed E-state index contributed by atoms with van der Waals surface area (Å²) in [5, 5.41) is 5.46. The van der Waals surface area contributed by atoms with Crippen LogP contribution in [-0.2, 0) is 16.0 Å². The van der Waals surface area contributed by atoms with E-state index in [-0.39, 0.29) is 5.92 Å². The van der Waals surface area contributed by atoms with Crippen molar-refractivity contribution in [3.05, 3.63) is 65.2 Å². The predicted molar refractivity (Wildman–Crippen MR) is 102 cm³/mol. The molecule has 4 nitrogen and oxygen atoms in total. The van der Waals surface area contributed by atoms with Crippen LogP contribution in [0.4, 0.5) is 5.69 Å². The molecule has 0 saturated heterocycles. The van der Waals surface area contributed by atoms with Crippen molar-refractivity contribution < 1.29 is 9.59 Å². The number of carbonyl (C=O) groups is 2. The van der Waals surface area contributed by atoms with E-state index < -0.39 is 11.8 Å². The van der Waals surface area contributed by atoms with E-state index >= 15 is 0 Å². The zero-order chi connectivity index (χ0) is 18.2. The van der Waals surface area contributed by atoms with E-state index in [0.717, 1.165) is 29.7 Å². The first kappa shape index (κ1) is 18.7. The molecule has 0 radical (unpaired) electrons. The minimum absolute atomic E-state index is 0.268. The minimum atomic E-state index is -0.615. The van der Waals surface area contributed by atoms with Gasteiger partial charge in [0.15, 0.2) is 0 Å². The maximum absolute atomic E-state index is 12.2. The summed E-state index contributed by atoms with van der Waals surface area (Å²) in [6.07, 6.45) is 1.67. The van der Waals surface area contributed by atoms with Crippen LogP contribution >= 0.6 is 0 Å². The predicted octanol–water partition coefficient (Wildman–Crippen LogP) is 3.81. The number of aryl methyl sites for hydroxylation is 2. The highest BCUT2D eigenvalue weighted by Gasteiger charge is 2.17. The molecule has 2 rings (SSSR count). The van der Waals surface area contributed by atoms with Gasteiger partial charge in [0.05, 0.1) is 0 Å². The second-order valence-electron chi connectivity index (χ2n) is 6.49. The lowest BCUT2D eigenvalue weighted by Gasteiger charge is -2.16. The Morgan fingerprint density at radius 3 is 2.36 bits per heavy atom. The molecule has 0 unspecified atom stereocenters. The molecule has 2 N–H and O–H groups in total. The van der Waals surface area contributed by atoms with E-state index in [1.807, 2.05) is 43.3 Å². The van der Waals surface area contributed by atoms with Gasteiger partial charge in [-0.1, -0.05) is 62.4 Å². The van der Waals surface area contributed by atoms with Crippen LogP contribution in [0, 0.1) is 6.92 Å². The maximum Gasteiger partial charge on any atom is 0.313 e. The van der Waals surface area contributed by atoms with Gasteiger partial charge >= 0.3 is 11.8 Å². The van der Waals surface area contributed by atoms with E-state index in [2.05, 4.69) is 36.6 Å². The number of rotatable bonds is 6. The van der Waals surface area contributed by atoms with Crippen LogP contribution in [0.15, 0.2) is 48.5 Å². The van der Waals surface area contributed by atoms with E-state index in [0.29, 0.717) is 6.54 Å². The molecule has 132 valence electrons. The van der Waals surface area contributed by atoms with E-state index in [1.54, 1.807) is 0 Å². The van der Waals surface area contributed by atoms with Crippen molar-refractivity contribution in [3.8, 4) is 0 Å². The van der Waals surface area contributed by atoms with Crippen LogP contribution in [0.1, 0.15) is 42.9 Å². The number of para-hydroxylation sites is 1. The summed E-state index contributed by atoms with van der Waals surface area (Å²) in [4.78, 5) is 24.2. The number of hydrogen-bond donors (Lipinski definition) is 2. The summed E-state index contributed by atoms with van der Waals surface area (Å²) in [6, 6.07) is 16.0. The summed E-state index contributed by atoms with van der Waals surface area (Å²) < 4.78 is 0.